The van der Waals surface area contributed by atoms with Gasteiger partial charge in [-0.25, -0.2) is 4.79 Å². The van der Waals surface area contributed by atoms with Crippen molar-refractivity contribution in [2.45, 2.75) is 6.54 Å². The Morgan fingerprint density at radius 3 is 2.65 bits per heavy atom. The highest BCUT2D eigenvalue weighted by Crippen LogP contribution is 2.13. The van der Waals surface area contributed by atoms with Gasteiger partial charge in [0.05, 0.1) is 6.54 Å². The van der Waals surface area contributed by atoms with Crippen molar-refractivity contribution in [1.29, 1.82) is 0 Å². The van der Waals surface area contributed by atoms with Gasteiger partial charge in [0.25, 0.3) is 5.56 Å². The van der Waals surface area contributed by atoms with Crippen molar-refractivity contribution in [3.63, 3.8) is 0 Å². The van der Waals surface area contributed by atoms with Crippen LogP contribution in [0.4, 0.5) is 11.5 Å². The predicted octanol–water partition coefficient (Wildman–Crippen LogP) is -0.179. The molecule has 4 N–H and O–H groups in total. The van der Waals surface area contributed by atoms with Crippen molar-refractivity contribution in [1.82, 2.24) is 9.13 Å². The SMILES string of the molecule is Cn1c(=O)c(N)c(N)n(Cc2cccs2)c1=O. The molecule has 0 saturated heterocycles. The molecule has 17 heavy (non-hydrogen) atoms. The van der Waals surface area contributed by atoms with Crippen LogP contribution in [0.15, 0.2) is 27.1 Å². The van der Waals surface area contributed by atoms with Crippen molar-refractivity contribution in [2.75, 3.05) is 11.5 Å². The normalized spacial score (nSPS) is 10.6. The molecule has 2 aromatic rings. The molecule has 0 atom stereocenters. The second-order valence-electron chi connectivity index (χ2n) is 3.61. The summed E-state index contributed by atoms with van der Waals surface area (Å²) in [6, 6.07) is 3.77. The summed E-state index contributed by atoms with van der Waals surface area (Å²) in [5.41, 5.74) is 10.1. The first-order chi connectivity index (χ1) is 8.02. The lowest BCUT2D eigenvalue weighted by Crippen LogP contribution is -2.40. The highest BCUT2D eigenvalue weighted by Gasteiger charge is 2.12. The molecule has 7 heteroatoms. The maximum Gasteiger partial charge on any atom is 0.332 e. The summed E-state index contributed by atoms with van der Waals surface area (Å²) in [5, 5.41) is 1.90. The summed E-state index contributed by atoms with van der Waals surface area (Å²) in [7, 11) is 1.38. The van der Waals surface area contributed by atoms with Crippen LogP contribution < -0.4 is 22.7 Å². The predicted molar refractivity (Wildman–Crippen MR) is 68.2 cm³/mol. The number of rotatable bonds is 2. The second kappa shape index (κ2) is 4.10. The fourth-order valence-electron chi connectivity index (χ4n) is 1.52. The molecule has 6 nitrogen and oxygen atoms in total. The molecule has 2 heterocycles. The minimum atomic E-state index is -0.560. The van der Waals surface area contributed by atoms with Crippen LogP contribution in [-0.2, 0) is 13.6 Å². The maximum atomic E-state index is 11.9. The van der Waals surface area contributed by atoms with Gasteiger partial charge in [0.2, 0.25) is 0 Å². The van der Waals surface area contributed by atoms with Gasteiger partial charge in [0, 0.05) is 11.9 Å². The molecular formula is C10H12N4O2S. The van der Waals surface area contributed by atoms with E-state index in [1.165, 1.54) is 23.0 Å². The fraction of sp³-hybridized carbons (Fsp3) is 0.200. The molecule has 0 saturated carbocycles. The molecule has 0 amide bonds. The molecule has 2 aromatic heterocycles. The van der Waals surface area contributed by atoms with Gasteiger partial charge in [-0.1, -0.05) is 6.07 Å². The van der Waals surface area contributed by atoms with Gasteiger partial charge in [-0.05, 0) is 11.4 Å². The van der Waals surface area contributed by atoms with E-state index in [0.717, 1.165) is 9.44 Å². The van der Waals surface area contributed by atoms with E-state index < -0.39 is 11.2 Å². The summed E-state index contributed by atoms with van der Waals surface area (Å²) < 4.78 is 2.25. The molecule has 0 aliphatic heterocycles. The van der Waals surface area contributed by atoms with Crippen LogP contribution in [0.25, 0.3) is 0 Å². The molecule has 0 aromatic carbocycles. The van der Waals surface area contributed by atoms with Gasteiger partial charge in [-0.15, -0.1) is 11.3 Å². The Morgan fingerprint density at radius 2 is 2.06 bits per heavy atom. The van der Waals surface area contributed by atoms with Gasteiger partial charge in [-0.2, -0.15) is 0 Å². The first-order valence-corrected chi connectivity index (χ1v) is 5.77. The smallest absolute Gasteiger partial charge is 0.332 e. The molecule has 0 aliphatic rings. The lowest BCUT2D eigenvalue weighted by molar-refractivity contribution is 0.662. The number of nitrogens with zero attached hydrogens (tertiary/aromatic N) is 2. The van der Waals surface area contributed by atoms with E-state index in [2.05, 4.69) is 0 Å². The summed E-state index contributed by atoms with van der Waals surface area (Å²) in [6.07, 6.45) is 0. The largest absolute Gasteiger partial charge is 0.391 e. The first kappa shape index (κ1) is 11.5. The molecule has 0 bridgehead atoms. The van der Waals surface area contributed by atoms with E-state index in [1.807, 2.05) is 17.5 Å². The van der Waals surface area contributed by atoms with Crippen LogP contribution in [0.3, 0.4) is 0 Å². The van der Waals surface area contributed by atoms with Gasteiger partial charge in [0.15, 0.2) is 0 Å². The maximum absolute atomic E-state index is 11.9. The average molecular weight is 252 g/mol. The van der Waals surface area contributed by atoms with Gasteiger partial charge >= 0.3 is 5.69 Å². The summed E-state index contributed by atoms with van der Waals surface area (Å²) in [5.74, 6) is 0.0199. The van der Waals surface area contributed by atoms with Crippen LogP contribution in [0.2, 0.25) is 0 Å². The second-order valence-corrected chi connectivity index (χ2v) is 4.64. The Kier molecular flexibility index (Phi) is 2.76. The number of hydrogen-bond acceptors (Lipinski definition) is 5. The number of hydrogen-bond donors (Lipinski definition) is 2. The third kappa shape index (κ3) is 1.84. The van der Waals surface area contributed by atoms with E-state index in [0.29, 0.717) is 6.54 Å². The zero-order chi connectivity index (χ0) is 12.6. The van der Waals surface area contributed by atoms with Crippen molar-refractivity contribution in [3.05, 3.63) is 43.2 Å². The summed E-state index contributed by atoms with van der Waals surface area (Å²) in [6.45, 7) is 0.320. The lowest BCUT2D eigenvalue weighted by atomic mass is 10.4. The van der Waals surface area contributed by atoms with Crippen LogP contribution in [0, 0.1) is 0 Å². The fourth-order valence-corrected chi connectivity index (χ4v) is 2.21. The number of nitrogens with two attached hydrogens (primary N) is 2. The minimum Gasteiger partial charge on any atom is -0.391 e. The molecule has 90 valence electrons. The van der Waals surface area contributed by atoms with Crippen molar-refractivity contribution >= 4 is 22.8 Å². The van der Waals surface area contributed by atoms with Gasteiger partial charge in [0.1, 0.15) is 11.5 Å². The van der Waals surface area contributed by atoms with E-state index >= 15 is 0 Å². The van der Waals surface area contributed by atoms with Gasteiger partial charge in [-0.3, -0.25) is 13.9 Å². The molecule has 0 unspecified atom stereocenters. The monoisotopic (exact) mass is 252 g/mol. The van der Waals surface area contributed by atoms with Gasteiger partial charge < -0.3 is 11.5 Å². The molecule has 0 spiro atoms. The zero-order valence-corrected chi connectivity index (χ0v) is 10.0. The van der Waals surface area contributed by atoms with E-state index in [-0.39, 0.29) is 11.5 Å². The Morgan fingerprint density at radius 1 is 1.35 bits per heavy atom. The van der Waals surface area contributed by atoms with Crippen molar-refractivity contribution in [3.8, 4) is 0 Å². The molecule has 0 aliphatic carbocycles. The van der Waals surface area contributed by atoms with E-state index in [4.69, 9.17) is 11.5 Å². The van der Waals surface area contributed by atoms with Crippen LogP contribution in [0.1, 0.15) is 4.88 Å². The quantitative estimate of drug-likeness (QED) is 0.775. The molecule has 2 rings (SSSR count). The minimum absolute atomic E-state index is 0.0199. The Balaban J connectivity index is 2.62. The standard InChI is InChI=1S/C10H12N4O2S/c1-13-9(15)7(11)8(12)14(10(13)16)5-6-3-2-4-17-6/h2-4H,5,11-12H2,1H3. The lowest BCUT2D eigenvalue weighted by Gasteiger charge is -2.11. The van der Waals surface area contributed by atoms with Crippen LogP contribution in [0.5, 0.6) is 0 Å². The van der Waals surface area contributed by atoms with E-state index in [9.17, 15) is 9.59 Å². The van der Waals surface area contributed by atoms with Crippen molar-refractivity contribution < 1.29 is 0 Å². The van der Waals surface area contributed by atoms with E-state index in [1.54, 1.807) is 0 Å². The Hall–Kier alpha value is -2.02. The summed E-state index contributed by atoms with van der Waals surface area (Å²) in [4.78, 5) is 24.4. The zero-order valence-electron chi connectivity index (χ0n) is 9.21. The van der Waals surface area contributed by atoms with Crippen LogP contribution >= 0.6 is 11.3 Å². The summed E-state index contributed by atoms with van der Waals surface area (Å²) >= 11 is 1.51. The topological polar surface area (TPSA) is 96.0 Å². The molecule has 0 fully saturated rings. The number of nitrogen functional groups attached to an aromatic ring is 2. The number of anilines is 2. The third-order valence-electron chi connectivity index (χ3n) is 2.51. The van der Waals surface area contributed by atoms with Crippen molar-refractivity contribution in [2.24, 2.45) is 7.05 Å². The number of aromatic nitrogens is 2. The molecule has 0 radical (unpaired) electrons. The Bertz CT molecular complexity index is 654. The Labute approximate surface area is 101 Å². The van der Waals surface area contributed by atoms with Crippen LogP contribution in [-0.4, -0.2) is 9.13 Å². The number of thiophene rings is 1. The third-order valence-corrected chi connectivity index (χ3v) is 3.37. The first-order valence-electron chi connectivity index (χ1n) is 4.89. The highest BCUT2D eigenvalue weighted by molar-refractivity contribution is 7.09. The highest BCUT2D eigenvalue weighted by atomic mass is 32.1. The molecular weight excluding hydrogens is 240 g/mol. The average Bonchev–Trinajstić information content (AvgIpc) is 2.82.